The van der Waals surface area contributed by atoms with E-state index < -0.39 is 6.10 Å². The van der Waals surface area contributed by atoms with Gasteiger partial charge in [0, 0.05) is 19.3 Å². The number of carbonyl (C=O) groups is 3. The van der Waals surface area contributed by atoms with Crippen LogP contribution in [0, 0.1) is 0 Å². The maximum atomic E-state index is 12.8. The van der Waals surface area contributed by atoms with Crippen molar-refractivity contribution in [3.63, 3.8) is 0 Å². The van der Waals surface area contributed by atoms with Gasteiger partial charge in [0.2, 0.25) is 0 Å². The van der Waals surface area contributed by atoms with E-state index in [4.69, 9.17) is 14.2 Å². The highest BCUT2D eigenvalue weighted by Gasteiger charge is 2.19. The quantitative estimate of drug-likeness (QED) is 0.0261. The molecule has 1 unspecified atom stereocenters. The molecule has 0 amide bonds. The summed E-state index contributed by atoms with van der Waals surface area (Å²) in [7, 11) is 0. The van der Waals surface area contributed by atoms with Crippen molar-refractivity contribution in [2.24, 2.45) is 0 Å². The third kappa shape index (κ3) is 67.4. The summed E-state index contributed by atoms with van der Waals surface area (Å²) in [4.78, 5) is 38.0. The first-order valence-electron chi connectivity index (χ1n) is 33.6. The zero-order valence-electron chi connectivity index (χ0n) is 53.4. The zero-order chi connectivity index (χ0) is 59.9. The van der Waals surface area contributed by atoms with Crippen LogP contribution in [-0.4, -0.2) is 37.2 Å². The summed E-state index contributed by atoms with van der Waals surface area (Å²) in [6.45, 7) is 6.29. The Hall–Kier alpha value is -5.23. The molecule has 0 aliphatic heterocycles. The molecular weight excluding hydrogens is 1020 g/mol. The van der Waals surface area contributed by atoms with Crippen molar-refractivity contribution in [1.82, 2.24) is 0 Å². The lowest BCUT2D eigenvalue weighted by atomic mass is 10.0. The summed E-state index contributed by atoms with van der Waals surface area (Å²) < 4.78 is 16.7. The van der Waals surface area contributed by atoms with Crippen LogP contribution in [0.3, 0.4) is 0 Å². The van der Waals surface area contributed by atoms with Crippen LogP contribution in [0.15, 0.2) is 170 Å². The number of hydrogen-bond donors (Lipinski definition) is 0. The van der Waals surface area contributed by atoms with E-state index in [0.717, 1.165) is 167 Å². The van der Waals surface area contributed by atoms with Crippen molar-refractivity contribution >= 4 is 17.9 Å². The Balaban J connectivity index is 4.09. The molecule has 0 aliphatic rings. The molecule has 0 aromatic carbocycles. The second kappa shape index (κ2) is 69.3. The van der Waals surface area contributed by atoms with Gasteiger partial charge in [0.25, 0.3) is 0 Å². The summed E-state index contributed by atoms with van der Waals surface area (Å²) in [5.41, 5.74) is 0. The molecule has 0 aromatic heterocycles. The van der Waals surface area contributed by atoms with Crippen LogP contribution in [0.25, 0.3) is 0 Å². The number of rotatable bonds is 59. The maximum Gasteiger partial charge on any atom is 0.306 e. The summed E-state index contributed by atoms with van der Waals surface area (Å²) in [5, 5.41) is 0. The Morgan fingerprint density at radius 1 is 0.253 bits per heavy atom. The molecule has 0 radical (unpaired) electrons. The molecule has 0 fully saturated rings. The topological polar surface area (TPSA) is 78.9 Å². The molecule has 0 heterocycles. The molecule has 0 aliphatic carbocycles. The molecule has 1 atom stereocenters. The normalized spacial score (nSPS) is 13.2. The highest BCUT2D eigenvalue weighted by Crippen LogP contribution is 2.15. The van der Waals surface area contributed by atoms with Crippen LogP contribution in [0.4, 0.5) is 0 Å². The Morgan fingerprint density at radius 2 is 0.470 bits per heavy atom. The van der Waals surface area contributed by atoms with Gasteiger partial charge in [-0.15, -0.1) is 0 Å². The molecule has 466 valence electrons. The first-order chi connectivity index (χ1) is 41.0. The first kappa shape index (κ1) is 77.8. The molecule has 6 heteroatoms. The summed E-state index contributed by atoms with van der Waals surface area (Å²) in [5.74, 6) is -0.949. The van der Waals surface area contributed by atoms with Crippen molar-refractivity contribution in [2.75, 3.05) is 13.2 Å². The molecule has 0 rings (SSSR count). The van der Waals surface area contributed by atoms with Crippen LogP contribution in [0.2, 0.25) is 0 Å². The third-order valence-corrected chi connectivity index (χ3v) is 13.7. The number of hydrogen-bond acceptors (Lipinski definition) is 6. The predicted molar refractivity (Wildman–Crippen MR) is 361 cm³/mol. The molecule has 6 nitrogen and oxygen atoms in total. The second-order valence-electron chi connectivity index (χ2n) is 21.6. The van der Waals surface area contributed by atoms with Gasteiger partial charge >= 0.3 is 17.9 Å². The lowest BCUT2D eigenvalue weighted by molar-refractivity contribution is -0.167. The van der Waals surface area contributed by atoms with E-state index in [1.807, 2.05) is 0 Å². The van der Waals surface area contributed by atoms with Gasteiger partial charge < -0.3 is 14.2 Å². The lowest BCUT2D eigenvalue weighted by Crippen LogP contribution is -2.30. The summed E-state index contributed by atoms with van der Waals surface area (Å²) in [6.07, 6.45) is 103. The fourth-order valence-corrected chi connectivity index (χ4v) is 8.76. The highest BCUT2D eigenvalue weighted by molar-refractivity contribution is 5.71. The van der Waals surface area contributed by atoms with Crippen molar-refractivity contribution in [1.29, 1.82) is 0 Å². The standard InChI is InChI=1S/C77H122O6/c1-4-7-10-13-15-17-19-21-23-25-27-29-31-33-34-35-36-37-38-39-40-41-42-44-45-47-49-51-53-55-57-59-61-64-67-70-76(79)82-73-74(72-81-75(78)69-66-63-12-9-6-3)83-77(80)71-68-65-62-60-58-56-54-52-50-48-46-43-32-30-28-26-24-22-20-18-16-14-11-8-5-2/h7-8,10-11,15-18,21-24,27-30,33-34,36-37,39-40,43,46,50,52,56,58,74H,4-6,9,12-14,19-20,25-26,31-32,35,38,41-42,44-45,47-49,51,53-55,57,59-73H2,1-3H3/b10-7-,11-8-,17-15-,18-16-,23-21-,24-22-,29-27-,30-28-,34-33-,37-36-,40-39-,46-43-,52-50-,58-56-. The molecular formula is C77H122O6. The van der Waals surface area contributed by atoms with E-state index >= 15 is 0 Å². The Morgan fingerprint density at radius 3 is 0.747 bits per heavy atom. The number of unbranched alkanes of at least 4 members (excludes halogenated alkanes) is 20. The largest absolute Gasteiger partial charge is 0.462 e. The zero-order valence-corrected chi connectivity index (χ0v) is 53.4. The Kier molecular flexibility index (Phi) is 64.9. The van der Waals surface area contributed by atoms with Crippen molar-refractivity contribution in [3.8, 4) is 0 Å². The molecule has 0 bridgehead atoms. The minimum atomic E-state index is -0.801. The molecule has 0 saturated carbocycles. The lowest BCUT2D eigenvalue weighted by Gasteiger charge is -2.18. The van der Waals surface area contributed by atoms with Gasteiger partial charge in [0.15, 0.2) is 6.10 Å². The monoisotopic (exact) mass is 1140 g/mol. The first-order valence-corrected chi connectivity index (χ1v) is 33.6. The molecule has 83 heavy (non-hydrogen) atoms. The van der Waals surface area contributed by atoms with Gasteiger partial charge in [-0.1, -0.05) is 294 Å². The van der Waals surface area contributed by atoms with Crippen LogP contribution in [0.1, 0.15) is 278 Å². The van der Waals surface area contributed by atoms with Crippen molar-refractivity contribution < 1.29 is 28.6 Å². The number of esters is 3. The smallest absolute Gasteiger partial charge is 0.306 e. The minimum absolute atomic E-state index is 0.0976. The predicted octanol–water partition coefficient (Wildman–Crippen LogP) is 23.4. The number of allylic oxidation sites excluding steroid dienone is 28. The van der Waals surface area contributed by atoms with Crippen LogP contribution in [0.5, 0.6) is 0 Å². The van der Waals surface area contributed by atoms with Crippen LogP contribution < -0.4 is 0 Å². The SMILES string of the molecule is CC/C=C\C/C=C\C/C=C\C/C=C\C/C=C\C/C=C\C/C=C\CCCCCCCCCCCCCCCC(=O)OCC(COC(=O)CCCCCCC)OC(=O)CCCCC/C=C\C/C=C\C/C=C\C/C=C\C/C=C\C/C=C\C/C=C\CC. The number of ether oxygens (including phenoxy) is 3. The van der Waals surface area contributed by atoms with Crippen molar-refractivity contribution in [2.45, 2.75) is 284 Å². The minimum Gasteiger partial charge on any atom is -0.462 e. The van der Waals surface area contributed by atoms with E-state index in [1.54, 1.807) is 0 Å². The summed E-state index contributed by atoms with van der Waals surface area (Å²) in [6, 6.07) is 0. The van der Waals surface area contributed by atoms with Gasteiger partial charge in [0.1, 0.15) is 13.2 Å². The maximum absolute atomic E-state index is 12.8. The van der Waals surface area contributed by atoms with E-state index in [1.165, 1.54) is 70.6 Å². The van der Waals surface area contributed by atoms with E-state index in [2.05, 4.69) is 191 Å². The van der Waals surface area contributed by atoms with Gasteiger partial charge in [-0.05, 0) is 135 Å². The van der Waals surface area contributed by atoms with E-state index in [9.17, 15) is 14.4 Å². The molecule has 0 aromatic rings. The van der Waals surface area contributed by atoms with Gasteiger partial charge in [0.05, 0.1) is 0 Å². The average Bonchev–Trinajstić information content (AvgIpc) is 3.49. The van der Waals surface area contributed by atoms with Gasteiger partial charge in [-0.2, -0.15) is 0 Å². The van der Waals surface area contributed by atoms with E-state index in [-0.39, 0.29) is 37.5 Å². The van der Waals surface area contributed by atoms with E-state index in [0.29, 0.717) is 12.8 Å². The second-order valence-corrected chi connectivity index (χ2v) is 21.6. The molecule has 0 N–H and O–H groups in total. The van der Waals surface area contributed by atoms with Crippen LogP contribution in [-0.2, 0) is 28.6 Å². The third-order valence-electron chi connectivity index (χ3n) is 13.7. The average molecular weight is 1140 g/mol. The fourth-order valence-electron chi connectivity index (χ4n) is 8.76. The van der Waals surface area contributed by atoms with Crippen molar-refractivity contribution in [3.05, 3.63) is 170 Å². The summed E-state index contributed by atoms with van der Waals surface area (Å²) >= 11 is 0. The number of carbonyl (C=O) groups excluding carboxylic acids is 3. The Labute approximate surface area is 511 Å². The highest BCUT2D eigenvalue weighted by atomic mass is 16.6. The Bertz CT molecular complexity index is 1890. The molecule has 0 spiro atoms. The van der Waals surface area contributed by atoms with Gasteiger partial charge in [-0.25, -0.2) is 0 Å². The fraction of sp³-hybridized carbons (Fsp3) is 0.597. The van der Waals surface area contributed by atoms with Gasteiger partial charge in [-0.3, -0.25) is 14.4 Å². The molecule has 0 saturated heterocycles. The van der Waals surface area contributed by atoms with Crippen LogP contribution >= 0.6 is 0 Å².